The van der Waals surface area contributed by atoms with Gasteiger partial charge in [0, 0.05) is 61.9 Å². The average Bonchev–Trinajstić information content (AvgIpc) is 3.13. The van der Waals surface area contributed by atoms with Crippen molar-refractivity contribution >= 4 is 34.1 Å². The summed E-state index contributed by atoms with van der Waals surface area (Å²) >= 11 is 12.7. The summed E-state index contributed by atoms with van der Waals surface area (Å²) < 4.78 is 2.18. The lowest BCUT2D eigenvalue weighted by molar-refractivity contribution is 0.105. The molecule has 0 spiro atoms. The molecule has 0 saturated carbocycles. The molecule has 1 saturated heterocycles. The molecule has 32 heavy (non-hydrogen) atoms. The molecule has 0 unspecified atom stereocenters. The van der Waals surface area contributed by atoms with Gasteiger partial charge in [0.15, 0.2) is 0 Å². The van der Waals surface area contributed by atoms with Crippen LogP contribution in [0.5, 0.6) is 0 Å². The van der Waals surface area contributed by atoms with Gasteiger partial charge in [-0.2, -0.15) is 0 Å². The Kier molecular flexibility index (Phi) is 6.25. The summed E-state index contributed by atoms with van der Waals surface area (Å²) in [7, 11) is 2.09. The number of hydrogen-bond acceptors (Lipinski definition) is 2. The molecular weight excluding hydrogens is 437 g/mol. The molecule has 4 aromatic rings. The predicted molar refractivity (Wildman–Crippen MR) is 135 cm³/mol. The first kappa shape index (κ1) is 21.5. The lowest BCUT2D eigenvalue weighted by Gasteiger charge is -2.39. The van der Waals surface area contributed by atoms with E-state index in [1.165, 1.54) is 27.6 Å². The Labute approximate surface area is 199 Å². The molecular formula is C27H27Cl2N3. The lowest BCUT2D eigenvalue weighted by atomic mass is 9.96. The molecule has 1 aliphatic rings. The van der Waals surface area contributed by atoms with Crippen molar-refractivity contribution in [3.8, 4) is 0 Å². The van der Waals surface area contributed by atoms with Gasteiger partial charge in [0.2, 0.25) is 0 Å². The smallest absolute Gasteiger partial charge is 0.0602 e. The predicted octanol–water partition coefficient (Wildman–Crippen LogP) is 6.39. The van der Waals surface area contributed by atoms with E-state index in [0.717, 1.165) is 42.8 Å². The van der Waals surface area contributed by atoms with Crippen molar-refractivity contribution in [3.63, 3.8) is 0 Å². The zero-order valence-corrected chi connectivity index (χ0v) is 19.7. The molecule has 0 radical (unpaired) electrons. The maximum Gasteiger partial charge on any atom is 0.0602 e. The van der Waals surface area contributed by atoms with Crippen LogP contribution in [0.25, 0.3) is 10.9 Å². The molecule has 164 valence electrons. The zero-order valence-electron chi connectivity index (χ0n) is 18.2. The van der Waals surface area contributed by atoms with Crippen LogP contribution >= 0.6 is 23.2 Å². The minimum atomic E-state index is 0.239. The number of rotatable bonds is 5. The topological polar surface area (TPSA) is 11.4 Å². The number of benzene rings is 3. The molecule has 5 rings (SSSR count). The number of fused-ring (bicyclic) bond motifs is 1. The Morgan fingerprint density at radius 1 is 0.781 bits per heavy atom. The van der Waals surface area contributed by atoms with Gasteiger partial charge in [-0.1, -0.05) is 71.7 Å². The minimum Gasteiger partial charge on any atom is -0.350 e. The van der Waals surface area contributed by atoms with Crippen LogP contribution in [-0.2, 0) is 13.6 Å². The number of aryl methyl sites for hydroxylation is 1. The molecule has 3 aromatic carbocycles. The normalized spacial score (nSPS) is 16.5. The molecule has 1 fully saturated rings. The van der Waals surface area contributed by atoms with Crippen LogP contribution in [-0.4, -0.2) is 40.5 Å². The van der Waals surface area contributed by atoms with Crippen LogP contribution < -0.4 is 0 Å². The Bertz CT molecular complexity index is 1190. The van der Waals surface area contributed by atoms with E-state index in [9.17, 15) is 0 Å². The van der Waals surface area contributed by atoms with Crippen LogP contribution in [0.2, 0.25) is 10.0 Å². The maximum absolute atomic E-state index is 6.56. The van der Waals surface area contributed by atoms with E-state index in [4.69, 9.17) is 23.2 Å². The van der Waals surface area contributed by atoms with Crippen molar-refractivity contribution in [2.24, 2.45) is 7.05 Å². The largest absolute Gasteiger partial charge is 0.350 e. The SMILES string of the molecule is Cn1cc(CN2CCN([C@H](c3ccccc3)c3ccc(Cl)cc3)CC2)c2c(Cl)cccc21. The molecule has 5 heteroatoms. The van der Waals surface area contributed by atoms with Crippen LogP contribution in [0.3, 0.4) is 0 Å². The van der Waals surface area contributed by atoms with Gasteiger partial charge in [-0.25, -0.2) is 0 Å². The van der Waals surface area contributed by atoms with Crippen molar-refractivity contribution in [2.75, 3.05) is 26.2 Å². The molecule has 2 heterocycles. The Morgan fingerprint density at radius 3 is 2.19 bits per heavy atom. The molecule has 0 aliphatic carbocycles. The fraction of sp³-hybridized carbons (Fsp3) is 0.259. The van der Waals surface area contributed by atoms with Crippen LogP contribution in [0, 0.1) is 0 Å². The zero-order chi connectivity index (χ0) is 22.1. The Balaban J connectivity index is 1.34. The number of halogens is 2. The first-order valence-electron chi connectivity index (χ1n) is 11.1. The first-order chi connectivity index (χ1) is 15.6. The molecule has 1 atom stereocenters. The van der Waals surface area contributed by atoms with Crippen LogP contribution in [0.4, 0.5) is 0 Å². The average molecular weight is 464 g/mol. The monoisotopic (exact) mass is 463 g/mol. The van der Waals surface area contributed by atoms with Crippen LogP contribution in [0.1, 0.15) is 22.7 Å². The van der Waals surface area contributed by atoms with Crippen molar-refractivity contribution in [2.45, 2.75) is 12.6 Å². The van der Waals surface area contributed by atoms with Gasteiger partial charge in [0.25, 0.3) is 0 Å². The van der Waals surface area contributed by atoms with E-state index in [1.54, 1.807) is 0 Å². The number of aromatic nitrogens is 1. The highest BCUT2D eigenvalue weighted by atomic mass is 35.5. The van der Waals surface area contributed by atoms with Crippen molar-refractivity contribution in [1.29, 1.82) is 0 Å². The summed E-state index contributed by atoms with van der Waals surface area (Å²) in [6.45, 7) is 5.00. The van der Waals surface area contributed by atoms with Gasteiger partial charge < -0.3 is 4.57 Å². The fourth-order valence-corrected chi connectivity index (χ4v) is 5.34. The van der Waals surface area contributed by atoms with Crippen molar-refractivity contribution in [1.82, 2.24) is 14.4 Å². The Hall–Kier alpha value is -2.30. The van der Waals surface area contributed by atoms with Gasteiger partial charge in [0.05, 0.1) is 11.1 Å². The lowest BCUT2D eigenvalue weighted by Crippen LogP contribution is -2.47. The Morgan fingerprint density at radius 2 is 1.47 bits per heavy atom. The highest BCUT2D eigenvalue weighted by Crippen LogP contribution is 2.32. The second kappa shape index (κ2) is 9.29. The highest BCUT2D eigenvalue weighted by molar-refractivity contribution is 6.35. The summed E-state index contributed by atoms with van der Waals surface area (Å²) in [6.07, 6.45) is 2.23. The van der Waals surface area contributed by atoms with E-state index in [1.807, 2.05) is 24.3 Å². The number of hydrogen-bond donors (Lipinski definition) is 0. The second-order valence-electron chi connectivity index (χ2n) is 8.58. The van der Waals surface area contributed by atoms with Gasteiger partial charge in [-0.3, -0.25) is 9.80 Å². The summed E-state index contributed by atoms with van der Waals surface area (Å²) in [5, 5.41) is 2.80. The van der Waals surface area contributed by atoms with Crippen molar-refractivity contribution < 1.29 is 0 Å². The molecule has 1 aliphatic heterocycles. The summed E-state index contributed by atoms with van der Waals surface area (Å²) in [5.41, 5.74) is 5.11. The van der Waals surface area contributed by atoms with E-state index >= 15 is 0 Å². The molecule has 0 N–H and O–H groups in total. The van der Waals surface area contributed by atoms with Gasteiger partial charge >= 0.3 is 0 Å². The number of piperazine rings is 1. The molecule has 0 bridgehead atoms. The molecule has 1 aromatic heterocycles. The standard InChI is InChI=1S/C27H27Cl2N3/c1-30-18-22(26-24(29)8-5-9-25(26)30)19-31-14-16-32(17-15-31)27(20-6-3-2-4-7-20)21-10-12-23(28)13-11-21/h2-13,18,27H,14-17,19H2,1H3/t27-/m1/s1. The molecule has 3 nitrogen and oxygen atoms in total. The third kappa shape index (κ3) is 4.31. The van der Waals surface area contributed by atoms with Gasteiger partial charge in [0.1, 0.15) is 0 Å². The minimum absolute atomic E-state index is 0.239. The van der Waals surface area contributed by atoms with E-state index < -0.39 is 0 Å². The summed E-state index contributed by atoms with van der Waals surface area (Å²) in [5.74, 6) is 0. The second-order valence-corrected chi connectivity index (χ2v) is 9.42. The number of nitrogens with zero attached hydrogens (tertiary/aromatic N) is 3. The third-order valence-electron chi connectivity index (χ3n) is 6.51. The van der Waals surface area contributed by atoms with Crippen molar-refractivity contribution in [3.05, 3.63) is 106 Å². The fourth-order valence-electron chi connectivity index (χ4n) is 4.93. The van der Waals surface area contributed by atoms with E-state index in [0.29, 0.717) is 0 Å². The quantitative estimate of drug-likeness (QED) is 0.339. The van der Waals surface area contributed by atoms with Gasteiger partial charge in [-0.05, 0) is 41.0 Å². The van der Waals surface area contributed by atoms with E-state index in [2.05, 4.69) is 76.1 Å². The summed E-state index contributed by atoms with van der Waals surface area (Å²) in [4.78, 5) is 5.13. The highest BCUT2D eigenvalue weighted by Gasteiger charge is 2.27. The van der Waals surface area contributed by atoms with Crippen LogP contribution in [0.15, 0.2) is 79.0 Å². The van der Waals surface area contributed by atoms with Gasteiger partial charge in [-0.15, -0.1) is 0 Å². The molecule has 0 amide bonds. The third-order valence-corrected chi connectivity index (χ3v) is 7.08. The van der Waals surface area contributed by atoms with E-state index in [-0.39, 0.29) is 6.04 Å². The first-order valence-corrected chi connectivity index (χ1v) is 11.8. The maximum atomic E-state index is 6.56. The summed E-state index contributed by atoms with van der Waals surface area (Å²) in [6, 6.07) is 25.5.